The van der Waals surface area contributed by atoms with Gasteiger partial charge in [-0.05, 0) is 23.8 Å². The number of benzene rings is 1. The van der Waals surface area contributed by atoms with Crippen molar-refractivity contribution >= 4 is 0 Å². The van der Waals surface area contributed by atoms with Gasteiger partial charge in [-0.25, -0.2) is 5.10 Å². The van der Waals surface area contributed by atoms with Gasteiger partial charge in [0.05, 0.1) is 5.69 Å². The normalized spacial score (nSPS) is 12.7. The zero-order chi connectivity index (χ0) is 12.5. The first kappa shape index (κ1) is 10.8. The van der Waals surface area contributed by atoms with Gasteiger partial charge in [0, 0.05) is 18.2 Å². The Kier molecular flexibility index (Phi) is 2.49. The van der Waals surface area contributed by atoms with Gasteiger partial charge in [0.1, 0.15) is 0 Å². The minimum atomic E-state index is -0.264. The maximum atomic E-state index is 11.2. The summed E-state index contributed by atoms with van der Waals surface area (Å²) in [4.78, 5) is 11.2. The zero-order valence-electron chi connectivity index (χ0n) is 9.47. The molecule has 18 heavy (non-hydrogen) atoms. The smallest absolute Gasteiger partial charge is 0.264 e. The molecule has 0 bridgehead atoms. The summed E-state index contributed by atoms with van der Waals surface area (Å²) < 4.78 is 10.5. The highest BCUT2D eigenvalue weighted by Gasteiger charge is 2.15. The molecule has 2 aromatic rings. The summed E-state index contributed by atoms with van der Waals surface area (Å²) in [5.74, 6) is 1.38. The van der Waals surface area contributed by atoms with Gasteiger partial charge in [-0.15, -0.1) is 0 Å². The van der Waals surface area contributed by atoms with E-state index in [1.54, 1.807) is 0 Å². The van der Waals surface area contributed by atoms with E-state index in [0.717, 1.165) is 5.56 Å². The fraction of sp³-hybridized carbons (Fsp3) is 0.167. The molecule has 0 saturated heterocycles. The number of aromatic nitrogens is 2. The molecule has 3 rings (SSSR count). The molecule has 6 heteroatoms. The van der Waals surface area contributed by atoms with Crippen LogP contribution in [0, 0.1) is 0 Å². The van der Waals surface area contributed by atoms with E-state index >= 15 is 0 Å². The molecule has 0 amide bonds. The molecule has 0 radical (unpaired) electrons. The molecule has 0 unspecified atom stereocenters. The lowest BCUT2D eigenvalue weighted by Gasteiger charge is -2.06. The summed E-state index contributed by atoms with van der Waals surface area (Å²) in [5.41, 5.74) is 7.53. The highest BCUT2D eigenvalue weighted by atomic mass is 16.7. The van der Waals surface area contributed by atoms with Gasteiger partial charge >= 0.3 is 0 Å². The molecule has 1 aromatic carbocycles. The van der Waals surface area contributed by atoms with Crippen molar-refractivity contribution < 1.29 is 9.47 Å². The summed E-state index contributed by atoms with van der Waals surface area (Å²) in [5, 5.41) is 6.44. The Morgan fingerprint density at radius 3 is 2.94 bits per heavy atom. The molecule has 6 nitrogen and oxygen atoms in total. The number of nitrogens with two attached hydrogens (primary N) is 1. The van der Waals surface area contributed by atoms with Gasteiger partial charge in [-0.3, -0.25) is 4.79 Å². The van der Waals surface area contributed by atoms with Gasteiger partial charge in [-0.2, -0.15) is 5.10 Å². The number of nitrogens with one attached hydrogen (secondary N) is 1. The molecule has 1 aliphatic heterocycles. The molecule has 1 aromatic heterocycles. The van der Waals surface area contributed by atoms with Crippen LogP contribution in [0.2, 0.25) is 0 Å². The van der Waals surface area contributed by atoms with E-state index in [0.29, 0.717) is 22.8 Å². The van der Waals surface area contributed by atoms with E-state index in [1.807, 2.05) is 18.2 Å². The molecule has 92 valence electrons. The van der Waals surface area contributed by atoms with Crippen LogP contribution in [0.15, 0.2) is 29.1 Å². The second-order valence-corrected chi connectivity index (χ2v) is 3.88. The second kappa shape index (κ2) is 4.15. The van der Waals surface area contributed by atoms with Gasteiger partial charge in [0.15, 0.2) is 11.5 Å². The monoisotopic (exact) mass is 245 g/mol. The van der Waals surface area contributed by atoms with Crippen molar-refractivity contribution in [2.24, 2.45) is 5.73 Å². The minimum Gasteiger partial charge on any atom is -0.454 e. The van der Waals surface area contributed by atoms with Gasteiger partial charge in [0.25, 0.3) is 5.56 Å². The third-order valence-electron chi connectivity index (χ3n) is 2.75. The van der Waals surface area contributed by atoms with E-state index < -0.39 is 0 Å². The first-order valence-corrected chi connectivity index (χ1v) is 5.46. The van der Waals surface area contributed by atoms with Gasteiger partial charge < -0.3 is 15.2 Å². The summed E-state index contributed by atoms with van der Waals surface area (Å²) >= 11 is 0. The fourth-order valence-corrected chi connectivity index (χ4v) is 1.89. The summed E-state index contributed by atoms with van der Waals surface area (Å²) in [6.07, 6.45) is 0. The molecule has 0 fully saturated rings. The lowest BCUT2D eigenvalue weighted by molar-refractivity contribution is 0.174. The van der Waals surface area contributed by atoms with Crippen LogP contribution >= 0.6 is 0 Å². The van der Waals surface area contributed by atoms with Crippen LogP contribution < -0.4 is 20.8 Å². The van der Waals surface area contributed by atoms with Crippen molar-refractivity contribution in [3.8, 4) is 22.8 Å². The summed E-state index contributed by atoms with van der Waals surface area (Å²) in [6.45, 7) is 0.474. The molecule has 0 spiro atoms. The first-order chi connectivity index (χ1) is 8.78. The van der Waals surface area contributed by atoms with Crippen LogP contribution in [-0.2, 0) is 6.54 Å². The third-order valence-corrected chi connectivity index (χ3v) is 2.75. The Morgan fingerprint density at radius 2 is 2.11 bits per heavy atom. The maximum Gasteiger partial charge on any atom is 0.264 e. The van der Waals surface area contributed by atoms with Gasteiger partial charge in [0.2, 0.25) is 6.79 Å². The van der Waals surface area contributed by atoms with Crippen molar-refractivity contribution in [2.45, 2.75) is 6.54 Å². The van der Waals surface area contributed by atoms with Crippen LogP contribution in [0.1, 0.15) is 5.56 Å². The fourth-order valence-electron chi connectivity index (χ4n) is 1.89. The average molecular weight is 245 g/mol. The molecule has 0 atom stereocenters. The lowest BCUT2D eigenvalue weighted by atomic mass is 10.1. The highest BCUT2D eigenvalue weighted by molar-refractivity contribution is 5.66. The van der Waals surface area contributed by atoms with Gasteiger partial charge in [-0.1, -0.05) is 0 Å². The van der Waals surface area contributed by atoms with Crippen molar-refractivity contribution in [2.75, 3.05) is 6.79 Å². The number of hydrogen-bond acceptors (Lipinski definition) is 5. The van der Waals surface area contributed by atoms with E-state index in [4.69, 9.17) is 15.2 Å². The number of rotatable bonds is 2. The SMILES string of the molecule is NCc1cc(=O)[nH]nc1-c1ccc2c(c1)OCO2. The number of fused-ring (bicyclic) bond motifs is 1. The molecule has 0 aliphatic carbocycles. The van der Waals surface area contributed by atoms with Crippen LogP contribution in [-0.4, -0.2) is 17.0 Å². The predicted octanol–water partition coefficient (Wildman–Crippen LogP) is 0.624. The lowest BCUT2D eigenvalue weighted by Crippen LogP contribution is -2.12. The highest BCUT2D eigenvalue weighted by Crippen LogP contribution is 2.35. The van der Waals surface area contributed by atoms with E-state index in [9.17, 15) is 4.79 Å². The molecule has 1 aliphatic rings. The largest absolute Gasteiger partial charge is 0.454 e. The Hall–Kier alpha value is -2.34. The number of ether oxygens (including phenoxy) is 2. The van der Waals surface area contributed by atoms with E-state index in [-0.39, 0.29) is 18.9 Å². The Bertz CT molecular complexity index is 651. The van der Waals surface area contributed by atoms with Crippen molar-refractivity contribution in [3.63, 3.8) is 0 Å². The third kappa shape index (κ3) is 1.72. The van der Waals surface area contributed by atoms with Crippen molar-refractivity contribution in [1.82, 2.24) is 10.2 Å². The maximum absolute atomic E-state index is 11.2. The number of hydrogen-bond donors (Lipinski definition) is 2. The molecule has 0 saturated carbocycles. The Balaban J connectivity index is 2.12. The summed E-state index contributed by atoms with van der Waals surface area (Å²) in [7, 11) is 0. The average Bonchev–Trinajstić information content (AvgIpc) is 2.85. The number of aromatic amines is 1. The zero-order valence-corrected chi connectivity index (χ0v) is 9.47. The Labute approximate surface area is 102 Å². The minimum absolute atomic E-state index is 0.224. The van der Waals surface area contributed by atoms with Crippen LogP contribution in [0.25, 0.3) is 11.3 Å². The molecular weight excluding hydrogens is 234 g/mol. The predicted molar refractivity (Wildman–Crippen MR) is 64.3 cm³/mol. The number of nitrogens with zero attached hydrogens (tertiary/aromatic N) is 1. The first-order valence-electron chi connectivity index (χ1n) is 5.46. The summed E-state index contributed by atoms with van der Waals surface area (Å²) in [6, 6.07) is 6.94. The molecule has 2 heterocycles. The molecular formula is C12H11N3O3. The van der Waals surface area contributed by atoms with E-state index in [2.05, 4.69) is 10.2 Å². The van der Waals surface area contributed by atoms with Crippen LogP contribution in [0.3, 0.4) is 0 Å². The van der Waals surface area contributed by atoms with Crippen molar-refractivity contribution in [1.29, 1.82) is 0 Å². The number of H-pyrrole nitrogens is 1. The van der Waals surface area contributed by atoms with Crippen LogP contribution in [0.5, 0.6) is 11.5 Å². The Morgan fingerprint density at radius 1 is 1.28 bits per heavy atom. The van der Waals surface area contributed by atoms with E-state index in [1.165, 1.54) is 6.07 Å². The quantitative estimate of drug-likeness (QED) is 0.809. The molecule has 3 N–H and O–H groups in total. The topological polar surface area (TPSA) is 90.2 Å². The second-order valence-electron chi connectivity index (χ2n) is 3.88. The standard InChI is InChI=1S/C12H11N3O3/c13-5-8-4-11(16)14-15-12(8)7-1-2-9-10(3-7)18-6-17-9/h1-4H,5-6,13H2,(H,14,16). The van der Waals surface area contributed by atoms with Crippen molar-refractivity contribution in [3.05, 3.63) is 40.2 Å². The van der Waals surface area contributed by atoms with Crippen LogP contribution in [0.4, 0.5) is 0 Å².